The van der Waals surface area contributed by atoms with Crippen molar-refractivity contribution >= 4 is 58.2 Å². The Labute approximate surface area is 153 Å². The number of esters is 2. The molecule has 1 atom stereocenters. The van der Waals surface area contributed by atoms with E-state index < -0.39 is 11.9 Å². The van der Waals surface area contributed by atoms with Gasteiger partial charge in [0.2, 0.25) is 0 Å². The van der Waals surface area contributed by atoms with E-state index in [-0.39, 0.29) is 20.4 Å². The number of hydrogen-bond acceptors (Lipinski definition) is 8. The van der Waals surface area contributed by atoms with Gasteiger partial charge >= 0.3 is 11.9 Å². The molecule has 0 bridgehead atoms. The minimum Gasteiger partial charge on any atom is -0.465 e. The summed E-state index contributed by atoms with van der Waals surface area (Å²) in [5, 5.41) is 0. The average molecular weight is 382 g/mol. The summed E-state index contributed by atoms with van der Waals surface area (Å²) in [6.45, 7) is 0. The van der Waals surface area contributed by atoms with Gasteiger partial charge in [-0.05, 0) is 6.07 Å². The number of anilines is 1. The maximum atomic E-state index is 12.0. The molecule has 1 unspecified atom stereocenters. The number of nitrogens with zero attached hydrogens (tertiary/aromatic N) is 1. The first-order valence-corrected chi connectivity index (χ1v) is 9.26. The van der Waals surface area contributed by atoms with Crippen molar-refractivity contribution in [2.45, 2.75) is 10.6 Å². The SMILES string of the molecule is COC(=O)C1=C(C(=O)OC)SC(C2C(=S)c3ccccc3N2C)S1. The van der Waals surface area contributed by atoms with Crippen molar-refractivity contribution in [2.24, 2.45) is 0 Å². The minimum absolute atomic E-state index is 0.103. The highest BCUT2D eigenvalue weighted by atomic mass is 32.2. The van der Waals surface area contributed by atoms with Gasteiger partial charge in [-0.2, -0.15) is 0 Å². The summed E-state index contributed by atoms with van der Waals surface area (Å²) < 4.78 is 9.47. The lowest BCUT2D eigenvalue weighted by molar-refractivity contribution is -0.138. The Balaban J connectivity index is 1.90. The number of carbonyl (C=O) groups is 2. The maximum Gasteiger partial charge on any atom is 0.345 e. The molecular formula is C16H15NO4S3. The molecule has 3 rings (SSSR count). The van der Waals surface area contributed by atoms with Gasteiger partial charge in [-0.3, -0.25) is 0 Å². The number of thioether (sulfide) groups is 2. The van der Waals surface area contributed by atoms with Gasteiger partial charge < -0.3 is 14.4 Å². The Hall–Kier alpha value is -1.51. The molecule has 1 aromatic rings. The van der Waals surface area contributed by atoms with E-state index in [1.807, 2.05) is 31.3 Å². The third-order valence-electron chi connectivity index (χ3n) is 3.91. The summed E-state index contributed by atoms with van der Waals surface area (Å²) in [7, 11) is 4.56. The van der Waals surface area contributed by atoms with Gasteiger partial charge in [0.1, 0.15) is 9.81 Å². The predicted molar refractivity (Wildman–Crippen MR) is 100 cm³/mol. The lowest BCUT2D eigenvalue weighted by Crippen LogP contribution is -2.38. The van der Waals surface area contributed by atoms with Crippen molar-refractivity contribution in [3.63, 3.8) is 0 Å². The van der Waals surface area contributed by atoms with Gasteiger partial charge in [-0.15, -0.1) is 0 Å². The average Bonchev–Trinajstić information content (AvgIpc) is 3.14. The van der Waals surface area contributed by atoms with E-state index in [1.54, 1.807) is 0 Å². The van der Waals surface area contributed by atoms with Crippen LogP contribution >= 0.6 is 35.7 Å². The van der Waals surface area contributed by atoms with Gasteiger partial charge in [0.05, 0.1) is 24.8 Å². The second-order valence-electron chi connectivity index (χ2n) is 5.18. The molecule has 0 radical (unpaired) electrons. The van der Waals surface area contributed by atoms with Gasteiger partial charge in [0.15, 0.2) is 0 Å². The van der Waals surface area contributed by atoms with E-state index in [0.717, 1.165) is 16.1 Å². The molecule has 5 nitrogen and oxygen atoms in total. The van der Waals surface area contributed by atoms with Crippen LogP contribution in [0.15, 0.2) is 34.1 Å². The largest absolute Gasteiger partial charge is 0.465 e. The lowest BCUT2D eigenvalue weighted by Gasteiger charge is -2.27. The minimum atomic E-state index is -0.528. The van der Waals surface area contributed by atoms with Gasteiger partial charge in [0.25, 0.3) is 0 Å². The third kappa shape index (κ3) is 2.72. The van der Waals surface area contributed by atoms with Crippen LogP contribution in [0.5, 0.6) is 0 Å². The highest BCUT2D eigenvalue weighted by Gasteiger charge is 2.45. The first kappa shape index (κ1) is 17.3. The van der Waals surface area contributed by atoms with Crippen LogP contribution in [0.4, 0.5) is 5.69 Å². The highest BCUT2D eigenvalue weighted by molar-refractivity contribution is 8.24. The third-order valence-corrected chi connectivity index (χ3v) is 7.27. The fraction of sp³-hybridized carbons (Fsp3) is 0.312. The number of fused-ring (bicyclic) bond motifs is 1. The summed E-state index contributed by atoms with van der Waals surface area (Å²) in [4.78, 5) is 27.5. The van der Waals surface area contributed by atoms with Crippen molar-refractivity contribution in [1.82, 2.24) is 0 Å². The maximum absolute atomic E-state index is 12.0. The Bertz CT molecular complexity index is 733. The molecule has 0 spiro atoms. The van der Waals surface area contributed by atoms with Gasteiger partial charge in [-0.25, -0.2) is 9.59 Å². The van der Waals surface area contributed by atoms with E-state index in [2.05, 4.69) is 4.90 Å². The zero-order valence-corrected chi connectivity index (χ0v) is 15.7. The standard InChI is InChI=1S/C16H15NO4S3/c1-17-9-7-5-4-6-8(9)11(22)10(17)16-23-12(14(18)20-2)13(24-16)15(19)21-3/h4-7,10,16H,1-3H3. The number of para-hydroxylation sites is 1. The molecule has 0 aromatic heterocycles. The molecule has 24 heavy (non-hydrogen) atoms. The number of benzene rings is 1. The van der Waals surface area contributed by atoms with Crippen molar-refractivity contribution in [3.05, 3.63) is 39.6 Å². The van der Waals surface area contributed by atoms with E-state index >= 15 is 0 Å². The molecule has 0 saturated carbocycles. The van der Waals surface area contributed by atoms with Gasteiger partial charge in [-0.1, -0.05) is 53.9 Å². The van der Waals surface area contributed by atoms with Crippen LogP contribution in [0, 0.1) is 0 Å². The molecule has 0 aliphatic carbocycles. The van der Waals surface area contributed by atoms with Crippen LogP contribution < -0.4 is 4.90 Å². The summed E-state index contributed by atoms with van der Waals surface area (Å²) in [6.07, 6.45) is 0. The van der Waals surface area contributed by atoms with Crippen LogP contribution in [-0.2, 0) is 19.1 Å². The molecule has 0 amide bonds. The fourth-order valence-electron chi connectivity index (χ4n) is 2.74. The van der Waals surface area contributed by atoms with Crippen molar-refractivity contribution in [1.29, 1.82) is 0 Å². The Morgan fingerprint density at radius 2 is 1.62 bits per heavy atom. The zero-order chi connectivity index (χ0) is 17.4. The topological polar surface area (TPSA) is 55.8 Å². The Morgan fingerprint density at radius 3 is 2.12 bits per heavy atom. The predicted octanol–water partition coefficient (Wildman–Crippen LogP) is 2.59. The van der Waals surface area contributed by atoms with E-state index in [4.69, 9.17) is 21.7 Å². The van der Waals surface area contributed by atoms with Crippen molar-refractivity contribution in [2.75, 3.05) is 26.2 Å². The Kier molecular flexibility index (Phi) is 4.89. The summed E-state index contributed by atoms with van der Waals surface area (Å²) in [5.41, 5.74) is 2.08. The van der Waals surface area contributed by atoms with Crippen molar-refractivity contribution < 1.29 is 19.1 Å². The van der Waals surface area contributed by atoms with Crippen LogP contribution in [0.25, 0.3) is 0 Å². The van der Waals surface area contributed by atoms with Crippen LogP contribution in [0.3, 0.4) is 0 Å². The molecule has 2 aliphatic rings. The monoisotopic (exact) mass is 381 g/mol. The molecule has 0 N–H and O–H groups in total. The summed E-state index contributed by atoms with van der Waals surface area (Å²) >= 11 is 8.27. The van der Waals surface area contributed by atoms with Crippen LogP contribution in [-0.4, -0.2) is 48.7 Å². The molecule has 1 aromatic carbocycles. The molecule has 2 heterocycles. The molecule has 8 heteroatoms. The number of methoxy groups -OCH3 is 2. The second-order valence-corrected chi connectivity index (χ2v) is 8.22. The zero-order valence-electron chi connectivity index (χ0n) is 13.3. The summed E-state index contributed by atoms with van der Waals surface area (Å²) in [6, 6.07) is 7.83. The number of carbonyl (C=O) groups excluding carboxylic acids is 2. The molecular weight excluding hydrogens is 366 g/mol. The highest BCUT2D eigenvalue weighted by Crippen LogP contribution is 2.51. The first-order valence-electron chi connectivity index (χ1n) is 7.10. The molecule has 126 valence electrons. The smallest absolute Gasteiger partial charge is 0.345 e. The van der Waals surface area contributed by atoms with E-state index in [9.17, 15) is 9.59 Å². The molecule has 2 aliphatic heterocycles. The quantitative estimate of drug-likeness (QED) is 0.585. The van der Waals surface area contributed by atoms with Crippen LogP contribution in [0.1, 0.15) is 5.56 Å². The van der Waals surface area contributed by atoms with Crippen molar-refractivity contribution in [3.8, 4) is 0 Å². The van der Waals surface area contributed by atoms with Gasteiger partial charge in [0, 0.05) is 23.2 Å². The van der Waals surface area contributed by atoms with E-state index in [0.29, 0.717) is 0 Å². The molecule has 0 fully saturated rings. The first-order chi connectivity index (χ1) is 11.5. The normalized spacial score (nSPS) is 20.4. The fourth-order valence-corrected chi connectivity index (χ4v) is 6.54. The number of likely N-dealkylation sites (N-methyl/N-ethyl adjacent to an activating group) is 1. The second kappa shape index (κ2) is 6.78. The van der Waals surface area contributed by atoms with Crippen LogP contribution in [0.2, 0.25) is 0 Å². The number of hydrogen-bond donors (Lipinski definition) is 0. The Morgan fingerprint density at radius 1 is 1.08 bits per heavy atom. The number of thiocarbonyl (C=S) groups is 1. The number of ether oxygens (including phenoxy) is 2. The van der Waals surface area contributed by atoms with E-state index in [1.165, 1.54) is 37.7 Å². The number of rotatable bonds is 3. The molecule has 0 saturated heterocycles. The summed E-state index contributed by atoms with van der Waals surface area (Å²) in [5.74, 6) is -1.06. The lowest BCUT2D eigenvalue weighted by atomic mass is 10.1.